The summed E-state index contributed by atoms with van der Waals surface area (Å²) < 4.78 is 10.8. The summed E-state index contributed by atoms with van der Waals surface area (Å²) in [5.41, 5.74) is 1.55. The molecule has 8 amide bonds. The van der Waals surface area contributed by atoms with E-state index in [2.05, 4.69) is 57.7 Å². The zero-order chi connectivity index (χ0) is 67.2. The van der Waals surface area contributed by atoms with Crippen molar-refractivity contribution in [1.82, 2.24) is 46.7 Å². The molecule has 1 fully saturated rings. The molecule has 2 heterocycles. The standard InChI is InChI=1S/C73H125N9O11/c1-4-7-10-13-15-17-19-21-23-25-27-29-31-33-35-40-47-81(48-41-36-34-32-30-28-26-24-22-20-18-16-14-11-8-5-2)70(88)59-92-58-68(86)76-54-65(83)75-53-66(84)77-56-69(87)82-49-43-46-64(82)73(91)80-63(51-60-52-74-62-45-39-38-44-61(60)62)72(90)79-55-67(85)78-57-71(89)93-50-42-37-12-9-6-3/h38-39,44-45,52,63-64,74H,4-37,40-43,46-51,53-59H2,1-3H3,(H,75,83)(H,76,86)(H,77,84)(H,78,85)(H,79,90)(H,80,91)/t63-,64-/m0/s1. The predicted molar refractivity (Wildman–Crippen MR) is 370 cm³/mol. The van der Waals surface area contributed by atoms with Gasteiger partial charge in [0, 0.05) is 43.2 Å². The molecule has 0 unspecified atom stereocenters. The summed E-state index contributed by atoms with van der Waals surface area (Å²) in [5, 5.41) is 16.0. The summed E-state index contributed by atoms with van der Waals surface area (Å²) in [6, 6.07) is 5.35. The third-order valence-electron chi connectivity index (χ3n) is 17.7. The highest BCUT2D eigenvalue weighted by molar-refractivity contribution is 5.96. The van der Waals surface area contributed by atoms with Crippen LogP contribution in [-0.2, 0) is 59.0 Å². The summed E-state index contributed by atoms with van der Waals surface area (Å²) in [4.78, 5) is 124. The van der Waals surface area contributed by atoms with Crippen molar-refractivity contribution < 1.29 is 52.6 Å². The molecule has 2 atom stereocenters. The van der Waals surface area contributed by atoms with Gasteiger partial charge in [0.2, 0.25) is 47.3 Å². The normalized spacial score (nSPS) is 13.2. The van der Waals surface area contributed by atoms with Gasteiger partial charge in [-0.15, -0.1) is 0 Å². The van der Waals surface area contributed by atoms with Gasteiger partial charge in [0.1, 0.15) is 31.8 Å². The van der Waals surface area contributed by atoms with Crippen LogP contribution in [0.2, 0.25) is 0 Å². The van der Waals surface area contributed by atoms with Crippen molar-refractivity contribution in [3.63, 3.8) is 0 Å². The summed E-state index contributed by atoms with van der Waals surface area (Å²) in [5.74, 6) is -5.09. The van der Waals surface area contributed by atoms with Crippen LogP contribution in [0.15, 0.2) is 30.5 Å². The van der Waals surface area contributed by atoms with Gasteiger partial charge in [-0.2, -0.15) is 0 Å². The molecule has 2 aromatic rings. The summed E-state index contributed by atoms with van der Waals surface area (Å²) in [6.45, 7) is 5.55. The Morgan fingerprint density at radius 2 is 0.935 bits per heavy atom. The maximum absolute atomic E-state index is 13.9. The second-order valence-electron chi connectivity index (χ2n) is 25.8. The molecular weight excluding hydrogens is 1180 g/mol. The number of unbranched alkanes of at least 4 members (excludes halogenated alkanes) is 34. The molecule has 0 aliphatic carbocycles. The largest absolute Gasteiger partial charge is 0.464 e. The van der Waals surface area contributed by atoms with E-state index in [0.717, 1.165) is 87.1 Å². The van der Waals surface area contributed by atoms with Crippen LogP contribution < -0.4 is 31.9 Å². The SMILES string of the molecule is CCCCCCCCCCCCCCCCCCN(CCCCCCCCCCCCCCCCCC)C(=O)COCC(=O)NCC(=O)NCC(=O)NCC(=O)N1CCC[C@H]1C(=O)N[C@@H](Cc1c[nH]c2ccccc12)C(=O)NCC(=O)NCC(=O)OCCCCCCC. The van der Waals surface area contributed by atoms with Crippen LogP contribution in [-0.4, -0.2) is 152 Å². The molecule has 528 valence electrons. The third kappa shape index (κ3) is 40.1. The number of nitrogens with one attached hydrogen (secondary N) is 7. The second kappa shape index (κ2) is 54.2. The Balaban J connectivity index is 1.37. The molecule has 7 N–H and O–H groups in total. The molecule has 0 radical (unpaired) electrons. The highest BCUT2D eigenvalue weighted by atomic mass is 16.5. The maximum atomic E-state index is 13.9. The van der Waals surface area contributed by atoms with Crippen molar-refractivity contribution in [2.45, 2.75) is 290 Å². The third-order valence-corrected chi connectivity index (χ3v) is 17.7. The Morgan fingerprint density at radius 3 is 1.44 bits per heavy atom. The van der Waals surface area contributed by atoms with Crippen molar-refractivity contribution in [1.29, 1.82) is 0 Å². The first-order valence-electron chi connectivity index (χ1n) is 36.9. The number of carbonyl (C=O) groups excluding carboxylic acids is 9. The number of aromatic amines is 1. The number of ether oxygens (including phenoxy) is 2. The van der Waals surface area contributed by atoms with Gasteiger partial charge in [0.25, 0.3) is 0 Å². The van der Waals surface area contributed by atoms with Gasteiger partial charge in [-0.25, -0.2) is 0 Å². The number of nitrogens with zero attached hydrogens (tertiary/aromatic N) is 2. The number of benzene rings is 1. The molecular formula is C73H125N9O11. The second-order valence-corrected chi connectivity index (χ2v) is 25.8. The fourth-order valence-electron chi connectivity index (χ4n) is 12.0. The van der Waals surface area contributed by atoms with Crippen molar-refractivity contribution >= 4 is 64.1 Å². The van der Waals surface area contributed by atoms with Crippen LogP contribution in [0.5, 0.6) is 0 Å². The quantitative estimate of drug-likeness (QED) is 0.0242. The molecule has 3 rings (SSSR count). The Labute approximate surface area is 559 Å². The molecule has 20 heteroatoms. The fourth-order valence-corrected chi connectivity index (χ4v) is 12.0. The maximum Gasteiger partial charge on any atom is 0.325 e. The molecule has 1 aliphatic rings. The van der Waals surface area contributed by atoms with E-state index >= 15 is 0 Å². The molecule has 0 bridgehead atoms. The van der Waals surface area contributed by atoms with Crippen molar-refractivity contribution in [3.8, 4) is 0 Å². The lowest BCUT2D eigenvalue weighted by molar-refractivity contribution is -0.144. The Morgan fingerprint density at radius 1 is 0.505 bits per heavy atom. The Hall–Kier alpha value is -6.05. The van der Waals surface area contributed by atoms with Gasteiger partial charge in [-0.3, -0.25) is 43.2 Å². The molecule has 1 aliphatic heterocycles. The topological polar surface area (TPSA) is 267 Å². The lowest BCUT2D eigenvalue weighted by Crippen LogP contribution is -2.55. The van der Waals surface area contributed by atoms with Gasteiger partial charge >= 0.3 is 5.97 Å². The minimum Gasteiger partial charge on any atom is -0.464 e. The van der Waals surface area contributed by atoms with Gasteiger partial charge < -0.3 is 56.2 Å². The first kappa shape index (κ1) is 81.2. The van der Waals surface area contributed by atoms with E-state index in [1.807, 2.05) is 29.2 Å². The highest BCUT2D eigenvalue weighted by Gasteiger charge is 2.36. The molecule has 1 aromatic carbocycles. The zero-order valence-electron chi connectivity index (χ0n) is 58.0. The summed E-state index contributed by atoms with van der Waals surface area (Å²) in [7, 11) is 0. The smallest absolute Gasteiger partial charge is 0.325 e. The minimum absolute atomic E-state index is 0.0485. The van der Waals surface area contributed by atoms with E-state index < -0.39 is 92.2 Å². The fraction of sp³-hybridized carbons (Fsp3) is 0.767. The number of hydrogen-bond acceptors (Lipinski definition) is 11. The first-order valence-corrected chi connectivity index (χ1v) is 36.9. The van der Waals surface area contributed by atoms with Crippen LogP contribution >= 0.6 is 0 Å². The molecule has 1 saturated heterocycles. The number of H-pyrrole nitrogens is 1. The minimum atomic E-state index is -1.16. The van der Waals surface area contributed by atoms with Gasteiger partial charge in [0.05, 0.1) is 32.8 Å². The van der Waals surface area contributed by atoms with E-state index in [1.54, 1.807) is 6.20 Å². The molecule has 20 nitrogen and oxygen atoms in total. The van der Waals surface area contributed by atoms with E-state index in [1.165, 1.54) is 172 Å². The number of aromatic nitrogens is 1. The molecule has 0 saturated carbocycles. The number of fused-ring (bicyclic) bond motifs is 1. The van der Waals surface area contributed by atoms with Crippen LogP contribution in [0.4, 0.5) is 0 Å². The Bertz CT molecular complexity index is 2350. The van der Waals surface area contributed by atoms with Crippen molar-refractivity contribution in [2.75, 3.05) is 72.2 Å². The van der Waals surface area contributed by atoms with Gasteiger partial charge in [-0.1, -0.05) is 257 Å². The van der Waals surface area contributed by atoms with Crippen LogP contribution in [0.1, 0.15) is 277 Å². The number of para-hydroxylation sites is 1. The average molecular weight is 1300 g/mol. The number of esters is 1. The van der Waals surface area contributed by atoms with E-state index in [4.69, 9.17) is 9.47 Å². The summed E-state index contributed by atoms with van der Waals surface area (Å²) >= 11 is 0. The lowest BCUT2D eigenvalue weighted by atomic mass is 10.0. The molecule has 0 spiro atoms. The molecule has 1 aromatic heterocycles. The van der Waals surface area contributed by atoms with Gasteiger partial charge in [-0.05, 0) is 43.7 Å². The Kier molecular flexibility index (Phi) is 47.3. The monoisotopic (exact) mass is 1300 g/mol. The van der Waals surface area contributed by atoms with Crippen molar-refractivity contribution in [2.24, 2.45) is 0 Å². The summed E-state index contributed by atoms with van der Waals surface area (Å²) in [6.07, 6.45) is 48.5. The van der Waals surface area contributed by atoms with Crippen molar-refractivity contribution in [3.05, 3.63) is 36.0 Å². The number of carbonyl (C=O) groups is 9. The van der Waals surface area contributed by atoms with Crippen LogP contribution in [0.25, 0.3) is 10.9 Å². The first-order chi connectivity index (χ1) is 45.4. The number of likely N-dealkylation sites (tertiary alicyclic amines) is 1. The highest BCUT2D eigenvalue weighted by Crippen LogP contribution is 2.22. The van der Waals surface area contributed by atoms with E-state index in [0.29, 0.717) is 25.9 Å². The van der Waals surface area contributed by atoms with E-state index in [9.17, 15) is 43.2 Å². The molecule has 93 heavy (non-hydrogen) atoms. The van der Waals surface area contributed by atoms with E-state index in [-0.39, 0.29) is 38.6 Å². The lowest BCUT2D eigenvalue weighted by Gasteiger charge is -2.26. The average Bonchev–Trinajstić information content (AvgIpc) is 1.79. The number of rotatable bonds is 59. The zero-order valence-corrected chi connectivity index (χ0v) is 58.0. The predicted octanol–water partition coefficient (Wildman–Crippen LogP) is 11.6. The van der Waals surface area contributed by atoms with Crippen LogP contribution in [0.3, 0.4) is 0 Å². The van der Waals surface area contributed by atoms with Crippen LogP contribution in [0, 0.1) is 0 Å². The number of hydrogen-bond donors (Lipinski definition) is 7. The number of amides is 8. The van der Waals surface area contributed by atoms with Gasteiger partial charge in [0.15, 0.2) is 0 Å².